The highest BCUT2D eigenvalue weighted by Gasteiger charge is 2.16. The lowest BCUT2D eigenvalue weighted by atomic mass is 10.0. The predicted octanol–water partition coefficient (Wildman–Crippen LogP) is 20.5. The van der Waals surface area contributed by atoms with E-state index in [0.717, 1.165) is 24.3 Å². The lowest BCUT2D eigenvalue weighted by Gasteiger charge is -2.09. The largest absolute Gasteiger partial charge is 0.494 e. The first kappa shape index (κ1) is 60.2. The monoisotopic (exact) mass is 1030 g/mol. The third-order valence-electron chi connectivity index (χ3n) is 13.5. The molecule has 0 aromatic heterocycles. The van der Waals surface area contributed by atoms with Gasteiger partial charge in [0, 0.05) is 6.07 Å². The Morgan fingerprint density at radius 3 is 0.987 bits per heavy atom. The van der Waals surface area contributed by atoms with Crippen molar-refractivity contribution in [1.82, 2.24) is 0 Å². The van der Waals surface area contributed by atoms with Gasteiger partial charge in [0.2, 0.25) is 0 Å². The summed E-state index contributed by atoms with van der Waals surface area (Å²) in [7, 11) is 0. The molecule has 0 atom stereocenters. The zero-order valence-corrected chi connectivity index (χ0v) is 45.9. The van der Waals surface area contributed by atoms with E-state index < -0.39 is 11.9 Å². The van der Waals surface area contributed by atoms with Crippen molar-refractivity contribution in [2.45, 2.75) is 194 Å². The third kappa shape index (κ3) is 25.2. The molecule has 0 aliphatic heterocycles. The molecule has 0 fully saturated rings. The van der Waals surface area contributed by atoms with Gasteiger partial charge in [0.05, 0.1) is 52.7 Å². The second-order valence-corrected chi connectivity index (χ2v) is 19.9. The van der Waals surface area contributed by atoms with Crippen LogP contribution >= 0.6 is 0 Å². The molecule has 5 aromatic rings. The maximum atomic E-state index is 13.2. The molecule has 0 bridgehead atoms. The number of rotatable bonds is 40. The number of nitrogens with zero attached hydrogens (tertiary/aromatic N) is 5. The quantitative estimate of drug-likeness (QED) is 0.0164. The molecular weight excluding hydrogens is 947 g/mol. The van der Waals surface area contributed by atoms with E-state index in [4.69, 9.17) is 18.9 Å². The van der Waals surface area contributed by atoms with Crippen LogP contribution in [-0.2, 0) is 0 Å². The smallest absolute Gasteiger partial charge is 0.343 e. The summed E-state index contributed by atoms with van der Waals surface area (Å²) in [6, 6.07) is 34.2. The molecule has 5 aromatic carbocycles. The summed E-state index contributed by atoms with van der Waals surface area (Å²) >= 11 is 0. The fourth-order valence-electron chi connectivity index (χ4n) is 8.82. The van der Waals surface area contributed by atoms with Crippen LogP contribution in [0.1, 0.15) is 220 Å². The number of unbranched alkanes of at least 4 members (excludes halogenated alkanes) is 26. The number of ether oxygens (including phenoxy) is 4. The second kappa shape index (κ2) is 38.0. The third-order valence-corrected chi connectivity index (χ3v) is 13.5. The summed E-state index contributed by atoms with van der Waals surface area (Å²) in [6.07, 6.45) is 37.2. The standard InChI is InChI=1S/C65H85N5O6/c1-3-5-7-9-11-13-15-17-19-21-23-25-27-29-49-73-60-45-40-58(41-46-60)69-67-56-36-31-53(32-37-56)64(71)75-62-44-35-55(52-66)63(51-62)76-65(72)54-33-38-57(39-34-54)68-70-59-42-47-61(48-43-59)74-50-30-28-26-24-22-20-18-16-14-12-10-8-6-4-2/h31-48,51H,3-30,49-50H2,1-2H3. The van der Waals surface area contributed by atoms with Crippen molar-refractivity contribution in [3.8, 4) is 29.1 Å². The molecule has 0 heterocycles. The van der Waals surface area contributed by atoms with Gasteiger partial charge in [0.1, 0.15) is 23.3 Å². The van der Waals surface area contributed by atoms with Gasteiger partial charge in [-0.3, -0.25) is 0 Å². The van der Waals surface area contributed by atoms with E-state index in [0.29, 0.717) is 36.0 Å². The molecule has 0 N–H and O–H groups in total. The van der Waals surface area contributed by atoms with Crippen LogP contribution in [0, 0.1) is 11.3 Å². The molecule has 0 saturated carbocycles. The minimum absolute atomic E-state index is 0.0473. The lowest BCUT2D eigenvalue weighted by molar-refractivity contribution is 0.0732. The van der Waals surface area contributed by atoms with Gasteiger partial charge < -0.3 is 18.9 Å². The van der Waals surface area contributed by atoms with Crippen molar-refractivity contribution < 1.29 is 28.5 Å². The summed E-state index contributed by atoms with van der Waals surface area (Å²) in [6.45, 7) is 5.94. The van der Waals surface area contributed by atoms with Crippen LogP contribution in [0.2, 0.25) is 0 Å². The van der Waals surface area contributed by atoms with E-state index in [-0.39, 0.29) is 28.2 Å². The van der Waals surface area contributed by atoms with Crippen molar-refractivity contribution in [3.63, 3.8) is 0 Å². The van der Waals surface area contributed by atoms with Gasteiger partial charge in [0.15, 0.2) is 5.75 Å². The Morgan fingerprint density at radius 2 is 0.658 bits per heavy atom. The Labute approximate surface area is 454 Å². The number of hydrogen-bond acceptors (Lipinski definition) is 11. The number of benzene rings is 5. The fourth-order valence-corrected chi connectivity index (χ4v) is 8.82. The number of azo groups is 2. The molecule has 0 unspecified atom stereocenters. The molecule has 11 nitrogen and oxygen atoms in total. The first-order valence-electron chi connectivity index (χ1n) is 28.9. The van der Waals surface area contributed by atoms with Crippen molar-refractivity contribution in [2.24, 2.45) is 20.5 Å². The van der Waals surface area contributed by atoms with E-state index in [1.54, 1.807) is 48.5 Å². The van der Waals surface area contributed by atoms with Gasteiger partial charge in [-0.1, -0.05) is 181 Å². The van der Waals surface area contributed by atoms with E-state index in [1.165, 1.54) is 185 Å². The first-order chi connectivity index (χ1) is 37.4. The molecule has 0 amide bonds. The van der Waals surface area contributed by atoms with Gasteiger partial charge in [-0.25, -0.2) is 9.59 Å². The highest BCUT2D eigenvalue weighted by molar-refractivity contribution is 5.92. The SMILES string of the molecule is CCCCCCCCCCCCCCCCOc1ccc(N=Nc2ccc(C(=O)Oc3ccc(C#N)c(OC(=O)c4ccc(N=Nc5ccc(OCCCCCCCCCCCCCCCC)cc5)cc4)c3)cc2)cc1. The molecule has 0 aliphatic rings. The van der Waals surface area contributed by atoms with Crippen LogP contribution in [0.25, 0.3) is 0 Å². The summed E-state index contributed by atoms with van der Waals surface area (Å²) in [5.74, 6) is 0.329. The topological polar surface area (TPSA) is 144 Å². The Bertz CT molecular complexity index is 2470. The van der Waals surface area contributed by atoms with Crippen LogP contribution in [0.5, 0.6) is 23.0 Å². The van der Waals surface area contributed by atoms with Crippen molar-refractivity contribution >= 4 is 34.7 Å². The zero-order valence-electron chi connectivity index (χ0n) is 45.9. The maximum Gasteiger partial charge on any atom is 0.343 e. The summed E-state index contributed by atoms with van der Waals surface area (Å²) in [4.78, 5) is 26.3. The molecule has 5 rings (SSSR count). The Balaban J connectivity index is 0.951. The summed E-state index contributed by atoms with van der Waals surface area (Å²) in [5, 5.41) is 27.0. The average molecular weight is 1030 g/mol. The maximum absolute atomic E-state index is 13.2. The van der Waals surface area contributed by atoms with Crippen LogP contribution in [-0.4, -0.2) is 25.2 Å². The van der Waals surface area contributed by atoms with Gasteiger partial charge in [0.25, 0.3) is 0 Å². The number of esters is 2. The van der Waals surface area contributed by atoms with Crippen molar-refractivity contribution in [1.29, 1.82) is 5.26 Å². The van der Waals surface area contributed by atoms with E-state index in [9.17, 15) is 14.9 Å². The number of carbonyl (C=O) groups is 2. The highest BCUT2D eigenvalue weighted by Crippen LogP contribution is 2.29. The Hall–Kier alpha value is -6.67. The normalized spacial score (nSPS) is 11.3. The molecule has 0 aliphatic carbocycles. The van der Waals surface area contributed by atoms with Crippen LogP contribution < -0.4 is 18.9 Å². The van der Waals surface area contributed by atoms with Crippen LogP contribution in [0.4, 0.5) is 22.7 Å². The van der Waals surface area contributed by atoms with Crippen molar-refractivity contribution in [3.05, 3.63) is 132 Å². The van der Waals surface area contributed by atoms with E-state index in [2.05, 4.69) is 34.3 Å². The average Bonchev–Trinajstić information content (AvgIpc) is 3.45. The summed E-state index contributed by atoms with van der Waals surface area (Å²) < 4.78 is 23.1. The minimum atomic E-state index is -0.697. The number of hydrogen-bond donors (Lipinski definition) is 0. The number of carbonyl (C=O) groups excluding carboxylic acids is 2. The fraction of sp³-hybridized carbons (Fsp3) is 0.492. The van der Waals surface area contributed by atoms with Crippen molar-refractivity contribution in [2.75, 3.05) is 13.2 Å². The molecule has 0 saturated heterocycles. The van der Waals surface area contributed by atoms with Gasteiger partial charge in [-0.05, 0) is 122 Å². The molecule has 406 valence electrons. The predicted molar refractivity (Wildman–Crippen MR) is 307 cm³/mol. The second-order valence-electron chi connectivity index (χ2n) is 19.9. The molecule has 0 spiro atoms. The zero-order chi connectivity index (χ0) is 53.5. The molecule has 11 heteroatoms. The summed E-state index contributed by atoms with van der Waals surface area (Å²) in [5.41, 5.74) is 3.05. The van der Waals surface area contributed by atoms with Gasteiger partial charge >= 0.3 is 11.9 Å². The van der Waals surface area contributed by atoms with E-state index >= 15 is 0 Å². The molecular formula is C65H85N5O6. The Kier molecular flexibility index (Phi) is 30.1. The van der Waals surface area contributed by atoms with Crippen LogP contribution in [0.15, 0.2) is 136 Å². The molecule has 0 radical (unpaired) electrons. The lowest BCUT2D eigenvalue weighted by Crippen LogP contribution is -2.11. The Morgan fingerprint density at radius 1 is 0.368 bits per heavy atom. The van der Waals surface area contributed by atoms with Gasteiger partial charge in [-0.15, -0.1) is 0 Å². The number of nitriles is 1. The molecule has 76 heavy (non-hydrogen) atoms. The minimum Gasteiger partial charge on any atom is -0.494 e. The first-order valence-corrected chi connectivity index (χ1v) is 28.9. The highest BCUT2D eigenvalue weighted by atomic mass is 16.5. The van der Waals surface area contributed by atoms with Gasteiger partial charge in [-0.2, -0.15) is 25.7 Å². The van der Waals surface area contributed by atoms with Crippen LogP contribution in [0.3, 0.4) is 0 Å². The van der Waals surface area contributed by atoms with E-state index in [1.807, 2.05) is 54.6 Å².